The SMILES string of the molecule is NC(CC1CCCO1)c1cc2ccccc2o1. The van der Waals surface area contributed by atoms with Crippen molar-refractivity contribution >= 4 is 11.0 Å². The van der Waals surface area contributed by atoms with Gasteiger partial charge in [0.1, 0.15) is 11.3 Å². The van der Waals surface area contributed by atoms with Gasteiger partial charge in [-0.15, -0.1) is 0 Å². The smallest absolute Gasteiger partial charge is 0.134 e. The molecule has 3 nitrogen and oxygen atoms in total. The second-order valence-corrected chi connectivity index (χ2v) is 4.66. The maximum Gasteiger partial charge on any atom is 0.134 e. The molecule has 1 aliphatic rings. The molecule has 3 heteroatoms. The molecule has 1 fully saturated rings. The van der Waals surface area contributed by atoms with Crippen LogP contribution in [0.1, 0.15) is 31.1 Å². The Hall–Kier alpha value is -1.32. The van der Waals surface area contributed by atoms with Crippen LogP contribution in [0.4, 0.5) is 0 Å². The first-order valence-electron chi connectivity index (χ1n) is 6.18. The third-order valence-electron chi connectivity index (χ3n) is 3.35. The molecule has 0 radical (unpaired) electrons. The summed E-state index contributed by atoms with van der Waals surface area (Å²) in [6, 6.07) is 9.97. The predicted molar refractivity (Wildman–Crippen MR) is 66.7 cm³/mol. The Bertz CT molecular complexity index is 467. The fourth-order valence-corrected chi connectivity index (χ4v) is 2.41. The maximum atomic E-state index is 6.16. The van der Waals surface area contributed by atoms with Gasteiger partial charge in [0, 0.05) is 12.0 Å². The van der Waals surface area contributed by atoms with E-state index in [2.05, 4.69) is 0 Å². The summed E-state index contributed by atoms with van der Waals surface area (Å²) in [5.74, 6) is 0.863. The van der Waals surface area contributed by atoms with E-state index >= 15 is 0 Å². The molecule has 0 aliphatic carbocycles. The summed E-state index contributed by atoms with van der Waals surface area (Å²) in [4.78, 5) is 0. The fraction of sp³-hybridized carbons (Fsp3) is 0.429. The van der Waals surface area contributed by atoms with Gasteiger partial charge in [-0.25, -0.2) is 0 Å². The highest BCUT2D eigenvalue weighted by atomic mass is 16.5. The Kier molecular flexibility index (Phi) is 2.87. The highest BCUT2D eigenvalue weighted by Gasteiger charge is 2.21. The van der Waals surface area contributed by atoms with Gasteiger partial charge >= 0.3 is 0 Å². The largest absolute Gasteiger partial charge is 0.459 e. The molecule has 0 spiro atoms. The van der Waals surface area contributed by atoms with Crippen LogP contribution in [0, 0.1) is 0 Å². The first-order chi connectivity index (χ1) is 8.33. The third-order valence-corrected chi connectivity index (χ3v) is 3.35. The van der Waals surface area contributed by atoms with Crippen molar-refractivity contribution in [2.24, 2.45) is 5.73 Å². The molecule has 0 bridgehead atoms. The first-order valence-corrected chi connectivity index (χ1v) is 6.18. The number of fused-ring (bicyclic) bond motifs is 1. The molecule has 0 saturated carbocycles. The van der Waals surface area contributed by atoms with Gasteiger partial charge < -0.3 is 14.9 Å². The van der Waals surface area contributed by atoms with Gasteiger partial charge in [-0.3, -0.25) is 0 Å². The van der Waals surface area contributed by atoms with Crippen molar-refractivity contribution in [1.29, 1.82) is 0 Å². The number of para-hydroxylation sites is 1. The number of ether oxygens (including phenoxy) is 1. The van der Waals surface area contributed by atoms with Crippen LogP contribution in [0.25, 0.3) is 11.0 Å². The van der Waals surface area contributed by atoms with Gasteiger partial charge in [0.05, 0.1) is 12.1 Å². The van der Waals surface area contributed by atoms with E-state index < -0.39 is 0 Å². The Morgan fingerprint density at radius 2 is 2.24 bits per heavy atom. The standard InChI is InChI=1S/C14H17NO2/c15-12(9-11-5-3-7-16-11)14-8-10-4-1-2-6-13(10)17-14/h1-2,4,6,8,11-12H,3,5,7,9,15H2. The van der Waals surface area contributed by atoms with Gasteiger partial charge in [0.15, 0.2) is 0 Å². The number of nitrogens with two attached hydrogens (primary N) is 1. The van der Waals surface area contributed by atoms with Crippen LogP contribution in [-0.2, 0) is 4.74 Å². The van der Waals surface area contributed by atoms with Crippen LogP contribution >= 0.6 is 0 Å². The van der Waals surface area contributed by atoms with E-state index in [1.54, 1.807) is 0 Å². The molecule has 90 valence electrons. The van der Waals surface area contributed by atoms with E-state index in [1.807, 2.05) is 30.3 Å². The number of furan rings is 1. The fourth-order valence-electron chi connectivity index (χ4n) is 2.41. The van der Waals surface area contributed by atoms with Gasteiger partial charge in [-0.1, -0.05) is 18.2 Å². The van der Waals surface area contributed by atoms with Gasteiger partial charge in [-0.2, -0.15) is 0 Å². The van der Waals surface area contributed by atoms with E-state index in [4.69, 9.17) is 14.9 Å². The van der Waals surface area contributed by atoms with Crippen molar-refractivity contribution in [2.75, 3.05) is 6.61 Å². The minimum absolute atomic E-state index is 0.0644. The summed E-state index contributed by atoms with van der Waals surface area (Å²) in [5, 5.41) is 1.12. The van der Waals surface area contributed by atoms with Crippen molar-refractivity contribution in [1.82, 2.24) is 0 Å². The van der Waals surface area contributed by atoms with Crippen LogP contribution in [0.2, 0.25) is 0 Å². The summed E-state index contributed by atoms with van der Waals surface area (Å²) in [7, 11) is 0. The lowest BCUT2D eigenvalue weighted by Crippen LogP contribution is -2.17. The predicted octanol–water partition coefficient (Wildman–Crippen LogP) is 3.00. The van der Waals surface area contributed by atoms with Crippen LogP contribution < -0.4 is 5.73 Å². The molecule has 17 heavy (non-hydrogen) atoms. The Morgan fingerprint density at radius 1 is 1.35 bits per heavy atom. The van der Waals surface area contributed by atoms with Crippen molar-refractivity contribution in [3.8, 4) is 0 Å². The maximum absolute atomic E-state index is 6.16. The normalized spacial score (nSPS) is 22.1. The molecule has 2 heterocycles. The summed E-state index contributed by atoms with van der Waals surface area (Å²) in [6.45, 7) is 0.873. The van der Waals surface area contributed by atoms with E-state index in [1.165, 1.54) is 0 Å². The summed E-state index contributed by atoms with van der Waals surface area (Å²) >= 11 is 0. The van der Waals surface area contributed by atoms with E-state index in [0.717, 1.165) is 42.6 Å². The lowest BCUT2D eigenvalue weighted by molar-refractivity contribution is 0.0965. The van der Waals surface area contributed by atoms with Crippen molar-refractivity contribution in [3.63, 3.8) is 0 Å². The summed E-state index contributed by atoms with van der Waals surface area (Å²) < 4.78 is 11.4. The Balaban J connectivity index is 1.77. The number of benzene rings is 1. The zero-order chi connectivity index (χ0) is 11.7. The Morgan fingerprint density at radius 3 is 3.00 bits per heavy atom. The average molecular weight is 231 g/mol. The average Bonchev–Trinajstić information content (AvgIpc) is 2.96. The Labute approximate surface area is 101 Å². The molecule has 1 aromatic heterocycles. The lowest BCUT2D eigenvalue weighted by Gasteiger charge is -2.13. The van der Waals surface area contributed by atoms with E-state index in [-0.39, 0.29) is 6.04 Å². The highest BCUT2D eigenvalue weighted by Crippen LogP contribution is 2.27. The zero-order valence-corrected chi connectivity index (χ0v) is 9.76. The van der Waals surface area contributed by atoms with Gasteiger partial charge in [0.25, 0.3) is 0 Å². The zero-order valence-electron chi connectivity index (χ0n) is 9.76. The van der Waals surface area contributed by atoms with Gasteiger partial charge in [0.2, 0.25) is 0 Å². The van der Waals surface area contributed by atoms with Crippen LogP contribution in [0.15, 0.2) is 34.7 Å². The topological polar surface area (TPSA) is 48.4 Å². The molecule has 3 rings (SSSR count). The molecule has 1 aliphatic heterocycles. The van der Waals surface area contributed by atoms with Crippen LogP contribution in [0.3, 0.4) is 0 Å². The molecular formula is C14H17NO2. The van der Waals surface area contributed by atoms with Crippen molar-refractivity contribution in [2.45, 2.75) is 31.4 Å². The molecule has 2 atom stereocenters. The van der Waals surface area contributed by atoms with Crippen LogP contribution in [-0.4, -0.2) is 12.7 Å². The quantitative estimate of drug-likeness (QED) is 0.883. The second kappa shape index (κ2) is 4.51. The van der Waals surface area contributed by atoms with Gasteiger partial charge in [-0.05, 0) is 31.4 Å². The molecule has 0 amide bonds. The third kappa shape index (κ3) is 2.21. The monoisotopic (exact) mass is 231 g/mol. The minimum Gasteiger partial charge on any atom is -0.459 e. The lowest BCUT2D eigenvalue weighted by atomic mass is 10.1. The highest BCUT2D eigenvalue weighted by molar-refractivity contribution is 5.77. The molecule has 1 aromatic carbocycles. The first kappa shape index (κ1) is 10.8. The van der Waals surface area contributed by atoms with E-state index in [9.17, 15) is 0 Å². The van der Waals surface area contributed by atoms with Crippen molar-refractivity contribution in [3.05, 3.63) is 36.1 Å². The number of hydrogen-bond donors (Lipinski definition) is 1. The second-order valence-electron chi connectivity index (χ2n) is 4.66. The summed E-state index contributed by atoms with van der Waals surface area (Å²) in [5.41, 5.74) is 7.07. The van der Waals surface area contributed by atoms with E-state index in [0.29, 0.717) is 6.10 Å². The molecule has 1 saturated heterocycles. The number of hydrogen-bond acceptors (Lipinski definition) is 3. The molecule has 2 unspecified atom stereocenters. The summed E-state index contributed by atoms with van der Waals surface area (Å²) in [6.07, 6.45) is 3.42. The van der Waals surface area contributed by atoms with Crippen molar-refractivity contribution < 1.29 is 9.15 Å². The molecule has 2 N–H and O–H groups in total. The molecular weight excluding hydrogens is 214 g/mol. The minimum atomic E-state index is -0.0644. The molecule has 2 aromatic rings. The number of rotatable bonds is 3. The van der Waals surface area contributed by atoms with Crippen LogP contribution in [0.5, 0.6) is 0 Å².